The topological polar surface area (TPSA) is 71.5 Å². The van der Waals surface area contributed by atoms with Gasteiger partial charge in [0.05, 0.1) is 12.3 Å². The molecular weight excluding hydrogens is 264 g/mol. The van der Waals surface area contributed by atoms with Crippen molar-refractivity contribution in [2.75, 3.05) is 13.7 Å². The molecule has 0 aliphatic heterocycles. The monoisotopic (exact) mass is 286 g/mol. The minimum atomic E-state index is -0.385. The van der Waals surface area contributed by atoms with Crippen LogP contribution in [0.2, 0.25) is 0 Å². The van der Waals surface area contributed by atoms with Crippen molar-refractivity contribution in [3.63, 3.8) is 0 Å². The molecule has 0 fully saturated rings. The Morgan fingerprint density at radius 1 is 1.58 bits per heavy atom. The normalized spacial score (nSPS) is 14.2. The number of hydrogen-bond donors (Lipinski definition) is 2. The van der Waals surface area contributed by atoms with E-state index in [2.05, 4.69) is 10.3 Å². The summed E-state index contributed by atoms with van der Waals surface area (Å²) in [6.07, 6.45) is 1.31. The molecule has 1 aromatic rings. The maximum absolute atomic E-state index is 12.3. The lowest BCUT2D eigenvalue weighted by Crippen LogP contribution is -2.46. The van der Waals surface area contributed by atoms with Crippen molar-refractivity contribution in [1.82, 2.24) is 10.3 Å². The van der Waals surface area contributed by atoms with E-state index in [1.165, 1.54) is 11.3 Å². The molecule has 1 amide bonds. The Morgan fingerprint density at radius 3 is 2.79 bits per heavy atom. The minimum absolute atomic E-state index is 0.0568. The second kappa shape index (κ2) is 6.98. The predicted molar refractivity (Wildman–Crippen MR) is 75.4 cm³/mol. The fraction of sp³-hybridized carbons (Fsp3) is 0.692. The van der Waals surface area contributed by atoms with Gasteiger partial charge in [0, 0.05) is 19.3 Å². The number of hydrogen-bond acceptors (Lipinski definition) is 5. The fourth-order valence-electron chi connectivity index (χ4n) is 1.75. The van der Waals surface area contributed by atoms with Crippen LogP contribution in [0.15, 0.2) is 0 Å². The Morgan fingerprint density at radius 2 is 2.26 bits per heavy atom. The Balaban J connectivity index is 2.82. The van der Waals surface area contributed by atoms with Crippen molar-refractivity contribution < 1.29 is 14.6 Å². The molecule has 0 aliphatic rings. The van der Waals surface area contributed by atoms with Crippen LogP contribution in [0.3, 0.4) is 0 Å². The van der Waals surface area contributed by atoms with Gasteiger partial charge < -0.3 is 15.2 Å². The molecule has 0 saturated carbocycles. The van der Waals surface area contributed by atoms with E-state index in [0.29, 0.717) is 17.9 Å². The lowest BCUT2D eigenvalue weighted by Gasteiger charge is -2.28. The van der Waals surface area contributed by atoms with E-state index < -0.39 is 0 Å². The third-order valence-corrected chi connectivity index (χ3v) is 4.30. The van der Waals surface area contributed by atoms with E-state index in [0.717, 1.165) is 17.1 Å². The summed E-state index contributed by atoms with van der Waals surface area (Å²) in [4.78, 5) is 17.2. The summed E-state index contributed by atoms with van der Waals surface area (Å²) in [6, 6.07) is 0. The molecule has 0 radical (unpaired) electrons. The Hall–Kier alpha value is -0.980. The van der Waals surface area contributed by atoms with Crippen LogP contribution < -0.4 is 5.32 Å². The molecule has 6 heteroatoms. The van der Waals surface area contributed by atoms with Gasteiger partial charge >= 0.3 is 0 Å². The Labute approximate surface area is 118 Å². The zero-order chi connectivity index (χ0) is 14.5. The standard InChI is InChI=1S/C13H22N2O3S/c1-5-13(3,6-7-16)15-12(17)11-9(2)14-10(19-11)8-18-4/h16H,5-8H2,1-4H3,(H,15,17). The van der Waals surface area contributed by atoms with Crippen molar-refractivity contribution in [1.29, 1.82) is 0 Å². The van der Waals surface area contributed by atoms with Crippen molar-refractivity contribution in [3.05, 3.63) is 15.6 Å². The molecule has 108 valence electrons. The first-order valence-electron chi connectivity index (χ1n) is 6.34. The van der Waals surface area contributed by atoms with Crippen LogP contribution in [0.5, 0.6) is 0 Å². The van der Waals surface area contributed by atoms with Crippen LogP contribution in [-0.4, -0.2) is 35.3 Å². The van der Waals surface area contributed by atoms with E-state index in [1.807, 2.05) is 20.8 Å². The highest BCUT2D eigenvalue weighted by molar-refractivity contribution is 7.13. The zero-order valence-electron chi connectivity index (χ0n) is 11.9. The van der Waals surface area contributed by atoms with Crippen molar-refractivity contribution >= 4 is 17.2 Å². The van der Waals surface area contributed by atoms with Crippen LogP contribution in [-0.2, 0) is 11.3 Å². The lowest BCUT2D eigenvalue weighted by molar-refractivity contribution is 0.0889. The molecule has 0 saturated heterocycles. The summed E-state index contributed by atoms with van der Waals surface area (Å²) in [6.45, 7) is 6.22. The van der Waals surface area contributed by atoms with Gasteiger partial charge in [-0.1, -0.05) is 6.92 Å². The minimum Gasteiger partial charge on any atom is -0.396 e. The Kier molecular flexibility index (Phi) is 5.90. The van der Waals surface area contributed by atoms with Gasteiger partial charge in [0.1, 0.15) is 9.88 Å². The van der Waals surface area contributed by atoms with Crippen molar-refractivity contribution in [2.24, 2.45) is 0 Å². The van der Waals surface area contributed by atoms with Crippen LogP contribution in [0.25, 0.3) is 0 Å². The van der Waals surface area contributed by atoms with Crippen LogP contribution in [0, 0.1) is 6.92 Å². The van der Waals surface area contributed by atoms with Gasteiger partial charge in [-0.15, -0.1) is 11.3 Å². The number of aliphatic hydroxyl groups excluding tert-OH is 1. The van der Waals surface area contributed by atoms with Crippen LogP contribution in [0.4, 0.5) is 0 Å². The van der Waals surface area contributed by atoms with Gasteiger partial charge in [0.25, 0.3) is 5.91 Å². The molecule has 1 rings (SSSR count). The molecule has 5 nitrogen and oxygen atoms in total. The molecule has 0 aromatic carbocycles. The number of ether oxygens (including phenoxy) is 1. The van der Waals surface area contributed by atoms with Gasteiger partial charge in [-0.05, 0) is 26.7 Å². The highest BCUT2D eigenvalue weighted by atomic mass is 32.1. The third kappa shape index (κ3) is 4.26. The number of thiazole rings is 1. The SMILES string of the molecule is CCC(C)(CCO)NC(=O)c1sc(COC)nc1C. The molecule has 1 atom stereocenters. The van der Waals surface area contributed by atoms with E-state index in [9.17, 15) is 4.79 Å². The average molecular weight is 286 g/mol. The number of rotatable bonds is 7. The first-order valence-corrected chi connectivity index (χ1v) is 7.16. The number of carbonyl (C=O) groups is 1. The van der Waals surface area contributed by atoms with Crippen LogP contribution in [0.1, 0.15) is 47.1 Å². The molecule has 1 heterocycles. The summed E-state index contributed by atoms with van der Waals surface area (Å²) < 4.78 is 5.02. The average Bonchev–Trinajstić information content (AvgIpc) is 2.71. The van der Waals surface area contributed by atoms with E-state index in [1.54, 1.807) is 7.11 Å². The molecular formula is C13H22N2O3S. The van der Waals surface area contributed by atoms with Gasteiger partial charge in [0.2, 0.25) is 0 Å². The van der Waals surface area contributed by atoms with Crippen LogP contribution >= 0.6 is 11.3 Å². The quantitative estimate of drug-likeness (QED) is 0.803. The zero-order valence-corrected chi connectivity index (χ0v) is 12.8. The lowest BCUT2D eigenvalue weighted by atomic mass is 9.95. The largest absolute Gasteiger partial charge is 0.396 e. The van der Waals surface area contributed by atoms with E-state index in [4.69, 9.17) is 9.84 Å². The molecule has 19 heavy (non-hydrogen) atoms. The van der Waals surface area contributed by atoms with E-state index in [-0.39, 0.29) is 18.1 Å². The fourth-order valence-corrected chi connectivity index (χ4v) is 2.69. The predicted octanol–water partition coefficient (Wildman–Crippen LogP) is 1.88. The van der Waals surface area contributed by atoms with Crippen molar-refractivity contribution in [3.8, 4) is 0 Å². The summed E-state index contributed by atoms with van der Waals surface area (Å²) in [7, 11) is 1.60. The first-order chi connectivity index (χ1) is 8.95. The van der Waals surface area contributed by atoms with Gasteiger partial charge in [-0.3, -0.25) is 4.79 Å². The molecule has 1 unspecified atom stereocenters. The smallest absolute Gasteiger partial charge is 0.263 e. The number of nitrogens with zero attached hydrogens (tertiary/aromatic N) is 1. The summed E-state index contributed by atoms with van der Waals surface area (Å²) in [5.41, 5.74) is 0.334. The Bertz CT molecular complexity index is 434. The number of carbonyl (C=O) groups excluding carboxylic acids is 1. The number of aryl methyl sites for hydroxylation is 1. The number of nitrogens with one attached hydrogen (secondary N) is 1. The molecule has 2 N–H and O–H groups in total. The first kappa shape index (κ1) is 16.1. The molecule has 0 bridgehead atoms. The number of aromatic nitrogens is 1. The number of methoxy groups -OCH3 is 1. The van der Waals surface area contributed by atoms with Gasteiger partial charge in [-0.2, -0.15) is 0 Å². The highest BCUT2D eigenvalue weighted by Gasteiger charge is 2.26. The van der Waals surface area contributed by atoms with Gasteiger partial charge in [0.15, 0.2) is 0 Å². The molecule has 0 spiro atoms. The van der Waals surface area contributed by atoms with Gasteiger partial charge in [-0.25, -0.2) is 4.98 Å². The van der Waals surface area contributed by atoms with Crippen molar-refractivity contribution in [2.45, 2.75) is 45.8 Å². The second-order valence-electron chi connectivity index (χ2n) is 4.80. The summed E-state index contributed by atoms with van der Waals surface area (Å²) in [5.74, 6) is -0.129. The second-order valence-corrected chi connectivity index (χ2v) is 5.88. The summed E-state index contributed by atoms with van der Waals surface area (Å²) >= 11 is 1.35. The molecule has 1 aromatic heterocycles. The third-order valence-electron chi connectivity index (χ3n) is 3.17. The number of aliphatic hydroxyl groups is 1. The highest BCUT2D eigenvalue weighted by Crippen LogP contribution is 2.21. The summed E-state index contributed by atoms with van der Waals surface area (Å²) in [5, 5.41) is 12.9. The number of amides is 1. The maximum atomic E-state index is 12.3. The maximum Gasteiger partial charge on any atom is 0.263 e. The molecule has 0 aliphatic carbocycles. The van der Waals surface area contributed by atoms with E-state index >= 15 is 0 Å².